The Morgan fingerprint density at radius 3 is 2.52 bits per heavy atom. The first-order chi connectivity index (χ1) is 15.3. The molecule has 0 aliphatic rings. The zero-order valence-corrected chi connectivity index (χ0v) is 18.4. The van der Waals surface area contributed by atoms with E-state index in [-0.39, 0.29) is 17.7 Å². The van der Waals surface area contributed by atoms with E-state index in [1.165, 1.54) is 28.7 Å². The summed E-state index contributed by atoms with van der Waals surface area (Å²) in [7, 11) is 0. The topological polar surface area (TPSA) is 80.1 Å². The summed E-state index contributed by atoms with van der Waals surface area (Å²) in [5.74, 6) is 1.08. The zero-order chi connectivity index (χ0) is 21.3. The minimum absolute atomic E-state index is 0.0323. The first kappa shape index (κ1) is 21.1. The molecule has 8 heteroatoms. The van der Waals surface area contributed by atoms with Crippen molar-refractivity contribution in [2.24, 2.45) is 0 Å². The number of hydrogen-bond acceptors (Lipinski definition) is 7. The van der Waals surface area contributed by atoms with E-state index in [4.69, 9.17) is 4.42 Å². The van der Waals surface area contributed by atoms with Gasteiger partial charge in [0.2, 0.25) is 11.0 Å². The van der Waals surface area contributed by atoms with Gasteiger partial charge in [-0.25, -0.2) is 0 Å². The van der Waals surface area contributed by atoms with Crippen molar-refractivity contribution in [1.29, 1.82) is 0 Å². The van der Waals surface area contributed by atoms with Crippen molar-refractivity contribution in [3.63, 3.8) is 0 Å². The molecule has 0 fully saturated rings. The van der Waals surface area contributed by atoms with Crippen LogP contribution >= 0.6 is 23.1 Å². The quantitative estimate of drug-likeness (QED) is 0.333. The minimum Gasteiger partial charge on any atom is -0.467 e. The molecule has 0 spiro atoms. The lowest BCUT2D eigenvalue weighted by molar-refractivity contribution is -0.119. The first-order valence-corrected chi connectivity index (χ1v) is 11.7. The van der Waals surface area contributed by atoms with Crippen molar-refractivity contribution in [3.8, 4) is 0 Å². The van der Waals surface area contributed by atoms with Gasteiger partial charge in [0.25, 0.3) is 0 Å². The Bertz CT molecular complexity index is 1070. The Labute approximate surface area is 189 Å². The molecule has 6 nitrogen and oxygen atoms in total. The van der Waals surface area contributed by atoms with E-state index < -0.39 is 0 Å². The van der Waals surface area contributed by atoms with E-state index in [0.717, 1.165) is 22.1 Å². The van der Waals surface area contributed by atoms with E-state index in [9.17, 15) is 4.79 Å². The van der Waals surface area contributed by atoms with Gasteiger partial charge in [-0.1, -0.05) is 83.8 Å². The number of anilines is 1. The molecule has 4 aromatic rings. The summed E-state index contributed by atoms with van der Waals surface area (Å²) < 4.78 is 6.04. The monoisotopic (exact) mass is 450 g/mol. The van der Waals surface area contributed by atoms with Gasteiger partial charge in [0.1, 0.15) is 5.76 Å². The van der Waals surface area contributed by atoms with Gasteiger partial charge in [-0.05, 0) is 29.7 Å². The third kappa shape index (κ3) is 6.44. The average molecular weight is 451 g/mol. The van der Waals surface area contributed by atoms with Crippen molar-refractivity contribution < 1.29 is 9.21 Å². The van der Waals surface area contributed by atoms with Gasteiger partial charge < -0.3 is 15.1 Å². The Hall–Kier alpha value is -3.10. The number of hydrogen-bond donors (Lipinski definition) is 2. The van der Waals surface area contributed by atoms with Gasteiger partial charge in [0.05, 0.1) is 24.6 Å². The fourth-order valence-electron chi connectivity index (χ4n) is 3.07. The predicted molar refractivity (Wildman–Crippen MR) is 124 cm³/mol. The number of nitrogens with zero attached hydrogens (tertiary/aromatic N) is 2. The molecule has 0 bridgehead atoms. The molecule has 2 aromatic heterocycles. The Kier molecular flexibility index (Phi) is 7.36. The summed E-state index contributed by atoms with van der Waals surface area (Å²) in [5, 5.41) is 15.3. The highest BCUT2D eigenvalue weighted by atomic mass is 32.2. The van der Waals surface area contributed by atoms with Crippen molar-refractivity contribution >= 4 is 34.1 Å². The predicted octanol–water partition coefficient (Wildman–Crippen LogP) is 4.94. The third-order valence-corrected chi connectivity index (χ3v) is 6.56. The molecule has 1 unspecified atom stereocenters. The molecule has 1 amide bonds. The van der Waals surface area contributed by atoms with Gasteiger partial charge in [-0.2, -0.15) is 0 Å². The number of carbonyl (C=O) groups is 1. The van der Waals surface area contributed by atoms with Crippen LogP contribution in [0.1, 0.15) is 22.9 Å². The summed E-state index contributed by atoms with van der Waals surface area (Å²) in [6.07, 6.45) is 2.37. The zero-order valence-electron chi connectivity index (χ0n) is 16.7. The van der Waals surface area contributed by atoms with E-state index in [0.29, 0.717) is 11.7 Å². The molecule has 0 saturated carbocycles. The van der Waals surface area contributed by atoms with Crippen molar-refractivity contribution in [1.82, 2.24) is 15.5 Å². The highest BCUT2D eigenvalue weighted by Gasteiger charge is 2.16. The lowest BCUT2D eigenvalue weighted by atomic mass is 9.99. The third-order valence-electron chi connectivity index (χ3n) is 4.55. The van der Waals surface area contributed by atoms with Crippen LogP contribution in [0, 0.1) is 0 Å². The number of rotatable bonds is 10. The molecule has 0 saturated heterocycles. The van der Waals surface area contributed by atoms with E-state index in [1.807, 2.05) is 60.7 Å². The maximum absolute atomic E-state index is 12.7. The molecule has 0 aliphatic carbocycles. The van der Waals surface area contributed by atoms with Crippen molar-refractivity contribution in [2.45, 2.75) is 23.3 Å². The van der Waals surface area contributed by atoms with Crippen LogP contribution in [0.3, 0.4) is 0 Å². The summed E-state index contributed by atoms with van der Waals surface area (Å²) in [5.41, 5.74) is 2.27. The van der Waals surface area contributed by atoms with Crippen LogP contribution < -0.4 is 10.6 Å². The maximum atomic E-state index is 12.7. The second-order valence-corrected chi connectivity index (χ2v) is 9.02. The smallest absolute Gasteiger partial charge is 0.230 e. The highest BCUT2D eigenvalue weighted by Crippen LogP contribution is 2.26. The van der Waals surface area contributed by atoms with Crippen LogP contribution in [-0.2, 0) is 17.8 Å². The van der Waals surface area contributed by atoms with Crippen LogP contribution in [0.2, 0.25) is 0 Å². The van der Waals surface area contributed by atoms with Gasteiger partial charge in [-0.15, -0.1) is 10.2 Å². The second-order valence-electron chi connectivity index (χ2n) is 6.82. The fraction of sp³-hybridized carbons (Fsp3) is 0.174. The Morgan fingerprint density at radius 2 is 1.77 bits per heavy atom. The number of nitrogens with one attached hydrogen (secondary N) is 2. The molecule has 2 aromatic carbocycles. The maximum Gasteiger partial charge on any atom is 0.230 e. The van der Waals surface area contributed by atoms with Gasteiger partial charge >= 0.3 is 0 Å². The van der Waals surface area contributed by atoms with Gasteiger partial charge in [0.15, 0.2) is 4.34 Å². The number of aromatic nitrogens is 2. The van der Waals surface area contributed by atoms with E-state index >= 15 is 0 Å². The standard InChI is InChI=1S/C23H22N4O2S2/c28-21(16-30-23-27-26-22(31-23)24-15-19-12-7-13-29-19)25-20(18-10-5-2-6-11-18)14-17-8-3-1-4-9-17/h1-13,20H,14-16H2,(H,24,26)(H,25,28). The van der Waals surface area contributed by atoms with Crippen molar-refractivity contribution in [3.05, 3.63) is 95.9 Å². The van der Waals surface area contributed by atoms with Crippen LogP contribution in [0.15, 0.2) is 87.8 Å². The second kappa shape index (κ2) is 10.8. The number of carbonyl (C=O) groups excluding carboxylic acids is 1. The number of benzene rings is 2. The highest BCUT2D eigenvalue weighted by molar-refractivity contribution is 8.01. The lowest BCUT2D eigenvalue weighted by Crippen LogP contribution is -2.31. The first-order valence-electron chi connectivity index (χ1n) is 9.87. The number of thioether (sulfide) groups is 1. The van der Waals surface area contributed by atoms with E-state index in [2.05, 4.69) is 33.0 Å². The summed E-state index contributed by atoms with van der Waals surface area (Å²) in [4.78, 5) is 12.7. The van der Waals surface area contributed by atoms with Crippen LogP contribution in [0.5, 0.6) is 0 Å². The van der Waals surface area contributed by atoms with Gasteiger partial charge in [-0.3, -0.25) is 4.79 Å². The van der Waals surface area contributed by atoms with Crippen LogP contribution in [-0.4, -0.2) is 21.9 Å². The Morgan fingerprint density at radius 1 is 1.00 bits per heavy atom. The fourth-order valence-corrected chi connectivity index (χ4v) is 4.62. The normalized spacial score (nSPS) is 11.7. The van der Waals surface area contributed by atoms with Gasteiger partial charge in [0, 0.05) is 0 Å². The van der Waals surface area contributed by atoms with Crippen LogP contribution in [0.4, 0.5) is 5.13 Å². The molecule has 1 atom stereocenters. The summed E-state index contributed by atoms with van der Waals surface area (Å²) >= 11 is 2.81. The largest absolute Gasteiger partial charge is 0.467 e. The summed E-state index contributed by atoms with van der Waals surface area (Å²) in [6.45, 7) is 0.547. The molecule has 0 aliphatic heterocycles. The summed E-state index contributed by atoms with van der Waals surface area (Å²) in [6, 6.07) is 23.9. The molecule has 158 valence electrons. The molecular weight excluding hydrogens is 428 g/mol. The molecule has 31 heavy (non-hydrogen) atoms. The van der Waals surface area contributed by atoms with Crippen LogP contribution in [0.25, 0.3) is 0 Å². The molecule has 2 heterocycles. The minimum atomic E-state index is -0.0864. The molecule has 4 rings (SSSR count). The molecular formula is C23H22N4O2S2. The number of furan rings is 1. The van der Waals surface area contributed by atoms with Crippen molar-refractivity contribution in [2.75, 3.05) is 11.1 Å². The number of amides is 1. The van der Waals surface area contributed by atoms with E-state index in [1.54, 1.807) is 6.26 Å². The Balaban J connectivity index is 1.31. The lowest BCUT2D eigenvalue weighted by Gasteiger charge is -2.19. The average Bonchev–Trinajstić information content (AvgIpc) is 3.49. The molecule has 0 radical (unpaired) electrons. The molecule has 2 N–H and O–H groups in total. The SMILES string of the molecule is O=C(CSc1nnc(NCc2ccco2)s1)NC(Cc1ccccc1)c1ccccc1.